The molecule has 0 spiro atoms. The summed E-state index contributed by atoms with van der Waals surface area (Å²) in [5, 5.41) is 0. The van der Waals surface area contributed by atoms with Gasteiger partial charge in [-0.15, -0.1) is 12.4 Å². The minimum atomic E-state index is -0.288. The number of likely N-dealkylation sites (tertiary alicyclic amines) is 1. The lowest BCUT2D eigenvalue weighted by molar-refractivity contribution is 0.0710. The van der Waals surface area contributed by atoms with E-state index in [1.165, 1.54) is 12.1 Å². The fourth-order valence-electron chi connectivity index (χ4n) is 2.77. The molecule has 1 amide bonds. The molecule has 3 rings (SSSR count). The molecule has 1 unspecified atom stereocenters. The summed E-state index contributed by atoms with van der Waals surface area (Å²) < 4.78 is 13.0. The molecular formula is C16H19ClFN3O. The third kappa shape index (κ3) is 3.31. The molecule has 1 aliphatic heterocycles. The van der Waals surface area contributed by atoms with Gasteiger partial charge in [0.1, 0.15) is 5.82 Å². The number of H-pyrrole nitrogens is 1. The van der Waals surface area contributed by atoms with Crippen LogP contribution in [0.4, 0.5) is 4.39 Å². The van der Waals surface area contributed by atoms with Gasteiger partial charge in [0.25, 0.3) is 5.91 Å². The average Bonchev–Trinajstić information content (AvgIpc) is 2.96. The van der Waals surface area contributed by atoms with Gasteiger partial charge in [-0.2, -0.15) is 0 Å². The minimum Gasteiger partial charge on any atom is -0.366 e. The van der Waals surface area contributed by atoms with Crippen LogP contribution in [0.15, 0.2) is 36.7 Å². The summed E-state index contributed by atoms with van der Waals surface area (Å²) in [5.74, 6) is -0.310. The second kappa shape index (κ2) is 6.94. The fourth-order valence-corrected chi connectivity index (χ4v) is 2.77. The molecule has 1 aromatic heterocycles. The Morgan fingerprint density at radius 3 is 2.68 bits per heavy atom. The highest BCUT2D eigenvalue weighted by Gasteiger charge is 2.24. The van der Waals surface area contributed by atoms with Crippen molar-refractivity contribution in [3.63, 3.8) is 0 Å². The van der Waals surface area contributed by atoms with Crippen molar-refractivity contribution < 1.29 is 9.18 Å². The first-order valence-electron chi connectivity index (χ1n) is 7.13. The van der Waals surface area contributed by atoms with Crippen LogP contribution in [-0.2, 0) is 0 Å². The number of rotatable bonds is 2. The number of aromatic nitrogens is 1. The summed E-state index contributed by atoms with van der Waals surface area (Å²) in [7, 11) is 0. The van der Waals surface area contributed by atoms with Crippen LogP contribution in [0.25, 0.3) is 11.1 Å². The Hall–Kier alpha value is -1.85. The Morgan fingerprint density at radius 1 is 1.27 bits per heavy atom. The number of piperidine rings is 1. The summed E-state index contributed by atoms with van der Waals surface area (Å²) in [5.41, 5.74) is 8.16. The van der Waals surface area contributed by atoms with Gasteiger partial charge in [0.05, 0.1) is 5.56 Å². The third-order valence-electron chi connectivity index (χ3n) is 3.88. The molecule has 0 radical (unpaired) electrons. The van der Waals surface area contributed by atoms with E-state index in [0.29, 0.717) is 12.1 Å². The van der Waals surface area contributed by atoms with E-state index in [1.54, 1.807) is 29.4 Å². The first-order valence-corrected chi connectivity index (χ1v) is 7.13. The molecule has 1 fully saturated rings. The van der Waals surface area contributed by atoms with Crippen molar-refractivity contribution in [1.82, 2.24) is 9.88 Å². The number of hydrogen-bond acceptors (Lipinski definition) is 2. The Morgan fingerprint density at radius 2 is 2.00 bits per heavy atom. The van der Waals surface area contributed by atoms with Crippen LogP contribution in [-0.4, -0.2) is 34.9 Å². The maximum atomic E-state index is 13.0. The predicted molar refractivity (Wildman–Crippen MR) is 86.5 cm³/mol. The maximum Gasteiger partial charge on any atom is 0.256 e. The number of nitrogens with one attached hydrogen (secondary N) is 1. The fraction of sp³-hybridized carbons (Fsp3) is 0.312. The van der Waals surface area contributed by atoms with Crippen molar-refractivity contribution in [2.45, 2.75) is 18.9 Å². The molecule has 22 heavy (non-hydrogen) atoms. The zero-order chi connectivity index (χ0) is 14.8. The van der Waals surface area contributed by atoms with Crippen LogP contribution >= 0.6 is 12.4 Å². The van der Waals surface area contributed by atoms with E-state index in [4.69, 9.17) is 5.73 Å². The first-order chi connectivity index (χ1) is 10.1. The Balaban J connectivity index is 0.00000176. The zero-order valence-electron chi connectivity index (χ0n) is 12.1. The van der Waals surface area contributed by atoms with E-state index in [9.17, 15) is 9.18 Å². The van der Waals surface area contributed by atoms with Gasteiger partial charge in [-0.3, -0.25) is 4.79 Å². The number of hydrogen-bond donors (Lipinski definition) is 2. The van der Waals surface area contributed by atoms with E-state index in [1.807, 2.05) is 0 Å². The van der Waals surface area contributed by atoms with Crippen molar-refractivity contribution in [3.8, 4) is 11.1 Å². The molecule has 1 aromatic carbocycles. The van der Waals surface area contributed by atoms with Crippen LogP contribution in [0.1, 0.15) is 23.2 Å². The number of carbonyl (C=O) groups is 1. The molecule has 0 bridgehead atoms. The molecular weight excluding hydrogens is 305 g/mol. The van der Waals surface area contributed by atoms with Crippen LogP contribution < -0.4 is 5.73 Å². The number of carbonyl (C=O) groups excluding carboxylic acids is 1. The van der Waals surface area contributed by atoms with Crippen molar-refractivity contribution in [2.75, 3.05) is 13.1 Å². The summed E-state index contributed by atoms with van der Waals surface area (Å²) in [6.07, 6.45) is 5.36. The normalized spacial score (nSPS) is 17.9. The first kappa shape index (κ1) is 16.5. The van der Waals surface area contributed by atoms with Gasteiger partial charge in [0.15, 0.2) is 0 Å². The smallest absolute Gasteiger partial charge is 0.256 e. The molecule has 4 nitrogen and oxygen atoms in total. The van der Waals surface area contributed by atoms with Crippen molar-refractivity contribution in [2.24, 2.45) is 5.73 Å². The number of benzene rings is 1. The van der Waals surface area contributed by atoms with Gasteiger partial charge < -0.3 is 15.6 Å². The van der Waals surface area contributed by atoms with E-state index < -0.39 is 0 Å². The monoisotopic (exact) mass is 323 g/mol. The molecule has 2 aromatic rings. The molecule has 0 saturated carbocycles. The Bertz CT molecular complexity index is 641. The SMILES string of the molecule is Cl.NC1CCCN(C(=O)c2c[nH]cc2-c2ccc(F)cc2)C1. The molecule has 2 heterocycles. The number of amides is 1. The molecule has 1 aliphatic rings. The van der Waals surface area contributed by atoms with Crippen LogP contribution in [0.5, 0.6) is 0 Å². The molecule has 3 N–H and O–H groups in total. The minimum absolute atomic E-state index is 0. The quantitative estimate of drug-likeness (QED) is 0.892. The second-order valence-electron chi connectivity index (χ2n) is 5.44. The summed E-state index contributed by atoms with van der Waals surface area (Å²) in [6.45, 7) is 1.33. The standard InChI is InChI=1S/C16H18FN3O.ClH/c17-12-5-3-11(4-6-12)14-8-19-9-15(14)16(21)20-7-1-2-13(18)10-20;/h3-6,8-9,13,19H,1-2,7,10,18H2;1H. The lowest BCUT2D eigenvalue weighted by atomic mass is 10.0. The molecule has 1 saturated heterocycles. The van der Waals surface area contributed by atoms with E-state index in [0.717, 1.165) is 30.5 Å². The van der Waals surface area contributed by atoms with Crippen LogP contribution in [0.2, 0.25) is 0 Å². The van der Waals surface area contributed by atoms with Gasteiger partial charge >= 0.3 is 0 Å². The highest BCUT2D eigenvalue weighted by atomic mass is 35.5. The maximum absolute atomic E-state index is 13.0. The van der Waals surface area contributed by atoms with E-state index >= 15 is 0 Å². The van der Waals surface area contributed by atoms with Gasteiger partial charge in [-0.05, 0) is 30.5 Å². The number of nitrogens with zero attached hydrogens (tertiary/aromatic N) is 1. The van der Waals surface area contributed by atoms with Gasteiger partial charge in [0, 0.05) is 37.1 Å². The van der Waals surface area contributed by atoms with Gasteiger partial charge in [-0.1, -0.05) is 12.1 Å². The molecule has 1 atom stereocenters. The van der Waals surface area contributed by atoms with Crippen molar-refractivity contribution >= 4 is 18.3 Å². The Labute approximate surface area is 134 Å². The molecule has 6 heteroatoms. The summed E-state index contributed by atoms with van der Waals surface area (Å²) >= 11 is 0. The third-order valence-corrected chi connectivity index (χ3v) is 3.88. The number of halogens is 2. The molecule has 118 valence electrons. The molecule has 0 aliphatic carbocycles. The van der Waals surface area contributed by atoms with Crippen molar-refractivity contribution in [3.05, 3.63) is 48.0 Å². The number of aromatic amines is 1. The summed E-state index contributed by atoms with van der Waals surface area (Å²) in [6, 6.07) is 6.20. The van der Waals surface area contributed by atoms with Crippen molar-refractivity contribution in [1.29, 1.82) is 0 Å². The highest BCUT2D eigenvalue weighted by molar-refractivity contribution is 6.00. The van der Waals surface area contributed by atoms with Crippen LogP contribution in [0, 0.1) is 5.82 Å². The zero-order valence-corrected chi connectivity index (χ0v) is 12.9. The largest absolute Gasteiger partial charge is 0.366 e. The lowest BCUT2D eigenvalue weighted by Gasteiger charge is -2.30. The Kier molecular flexibility index (Phi) is 5.21. The lowest BCUT2D eigenvalue weighted by Crippen LogP contribution is -2.45. The van der Waals surface area contributed by atoms with Gasteiger partial charge in [0.2, 0.25) is 0 Å². The van der Waals surface area contributed by atoms with Gasteiger partial charge in [-0.25, -0.2) is 4.39 Å². The van der Waals surface area contributed by atoms with E-state index in [2.05, 4.69) is 4.98 Å². The van der Waals surface area contributed by atoms with Crippen LogP contribution in [0.3, 0.4) is 0 Å². The predicted octanol–water partition coefficient (Wildman–Crippen LogP) is 2.81. The second-order valence-corrected chi connectivity index (χ2v) is 5.44. The topological polar surface area (TPSA) is 62.1 Å². The average molecular weight is 324 g/mol. The highest BCUT2D eigenvalue weighted by Crippen LogP contribution is 2.25. The van der Waals surface area contributed by atoms with E-state index in [-0.39, 0.29) is 30.2 Å². The number of nitrogens with two attached hydrogens (primary N) is 1. The summed E-state index contributed by atoms with van der Waals surface area (Å²) in [4.78, 5) is 17.4.